The molecule has 7 heteroatoms. The van der Waals surface area contributed by atoms with Gasteiger partial charge in [-0.15, -0.1) is 0 Å². The summed E-state index contributed by atoms with van der Waals surface area (Å²) in [6.45, 7) is 7.30. The van der Waals surface area contributed by atoms with Gasteiger partial charge in [0, 0.05) is 0 Å². The van der Waals surface area contributed by atoms with Crippen molar-refractivity contribution in [1.29, 1.82) is 0 Å². The Hall–Kier alpha value is -1.40. The second-order valence-corrected chi connectivity index (χ2v) is 8.17. The molecule has 0 heterocycles. The van der Waals surface area contributed by atoms with Crippen LogP contribution in [0.1, 0.15) is 41.0 Å². The first kappa shape index (κ1) is 16.7. The van der Waals surface area contributed by atoms with Crippen LogP contribution in [0.5, 0.6) is 0 Å². The summed E-state index contributed by atoms with van der Waals surface area (Å²) in [5.74, 6) is -1.92. The number of rotatable bonds is 4. The molecule has 1 aliphatic carbocycles. The molecule has 0 fully saturated rings. The van der Waals surface area contributed by atoms with E-state index in [1.807, 2.05) is 19.9 Å². The van der Waals surface area contributed by atoms with Crippen LogP contribution in [0.2, 0.25) is 0 Å². The third kappa shape index (κ3) is 3.80. The molecule has 20 heavy (non-hydrogen) atoms. The van der Waals surface area contributed by atoms with Crippen molar-refractivity contribution in [1.82, 2.24) is 0 Å². The van der Waals surface area contributed by atoms with Gasteiger partial charge in [-0.1, -0.05) is 0 Å². The molecule has 0 aromatic heterocycles. The molecule has 0 atom stereocenters. The van der Waals surface area contributed by atoms with E-state index in [9.17, 15) is 14.4 Å². The van der Waals surface area contributed by atoms with Crippen molar-refractivity contribution in [2.75, 3.05) is 0 Å². The van der Waals surface area contributed by atoms with Gasteiger partial charge in [-0.3, -0.25) is 0 Å². The van der Waals surface area contributed by atoms with E-state index in [0.29, 0.717) is 10.3 Å². The van der Waals surface area contributed by atoms with Crippen molar-refractivity contribution in [2.24, 2.45) is 0 Å². The molecule has 0 amide bonds. The molecule has 0 radical (unpaired) electrons. The van der Waals surface area contributed by atoms with Gasteiger partial charge >= 0.3 is 122 Å². The number of hydrogen-bond donors (Lipinski definition) is 0. The molecule has 110 valence electrons. The van der Waals surface area contributed by atoms with Crippen LogP contribution in [-0.4, -0.2) is 17.9 Å². The summed E-state index contributed by atoms with van der Waals surface area (Å²) in [4.78, 5) is 34.1. The van der Waals surface area contributed by atoms with Gasteiger partial charge < -0.3 is 0 Å². The minimum atomic E-state index is -4.49. The maximum absolute atomic E-state index is 11.4. The Labute approximate surface area is 122 Å². The monoisotopic (exact) mass is 318 g/mol. The zero-order valence-electron chi connectivity index (χ0n) is 12.2. The number of allylic oxidation sites excluding steroid dienone is 4. The molecule has 0 spiro atoms. The first-order valence-electron chi connectivity index (χ1n) is 6.14. The Bertz CT molecular complexity index is 476. The van der Waals surface area contributed by atoms with Crippen LogP contribution < -0.4 is 0 Å². The molecule has 0 N–H and O–H groups in total. The van der Waals surface area contributed by atoms with E-state index in [-0.39, 0.29) is 0 Å². The molecule has 0 aromatic carbocycles. The first-order chi connectivity index (χ1) is 9.18. The first-order valence-corrected chi connectivity index (χ1v) is 8.83. The van der Waals surface area contributed by atoms with Gasteiger partial charge in [-0.05, 0) is 0 Å². The van der Waals surface area contributed by atoms with E-state index in [4.69, 9.17) is 9.96 Å². The molecule has 0 saturated heterocycles. The molecular weight excluding hydrogens is 300 g/mol. The maximum atomic E-state index is 11.4. The number of carbonyl (C=O) groups is 3. The molecular formula is C13H18O6Ti. The van der Waals surface area contributed by atoms with Gasteiger partial charge in [0.25, 0.3) is 0 Å². The average molecular weight is 318 g/mol. The van der Waals surface area contributed by atoms with Crippen molar-refractivity contribution >= 4 is 17.9 Å². The van der Waals surface area contributed by atoms with Crippen molar-refractivity contribution in [3.8, 4) is 0 Å². The Morgan fingerprint density at radius 2 is 1.35 bits per heavy atom. The fraction of sp³-hybridized carbons (Fsp3) is 0.462. The Kier molecular flexibility index (Phi) is 5.31. The van der Waals surface area contributed by atoms with E-state index in [1.165, 1.54) is 20.8 Å². The summed E-state index contributed by atoms with van der Waals surface area (Å²) in [6, 6.07) is 0. The zero-order valence-corrected chi connectivity index (χ0v) is 13.8. The van der Waals surface area contributed by atoms with E-state index in [0.717, 1.165) is 11.1 Å². The van der Waals surface area contributed by atoms with Crippen LogP contribution in [0.15, 0.2) is 21.1 Å². The van der Waals surface area contributed by atoms with Crippen LogP contribution in [-0.2, 0) is 42.1 Å². The minimum absolute atomic E-state index is 0.450. The van der Waals surface area contributed by atoms with Crippen LogP contribution in [0.3, 0.4) is 0 Å². The molecule has 0 aromatic rings. The van der Waals surface area contributed by atoms with Gasteiger partial charge in [0.15, 0.2) is 0 Å². The van der Waals surface area contributed by atoms with E-state index in [1.54, 1.807) is 0 Å². The third-order valence-corrected chi connectivity index (χ3v) is 7.52. The molecule has 0 aliphatic heterocycles. The van der Waals surface area contributed by atoms with Gasteiger partial charge in [0.05, 0.1) is 0 Å². The van der Waals surface area contributed by atoms with Gasteiger partial charge in [0.2, 0.25) is 0 Å². The van der Waals surface area contributed by atoms with E-state index >= 15 is 0 Å². The Balaban J connectivity index is 3.32. The van der Waals surface area contributed by atoms with Crippen molar-refractivity contribution < 1.29 is 42.1 Å². The van der Waals surface area contributed by atoms with Crippen molar-refractivity contribution in [3.63, 3.8) is 0 Å². The van der Waals surface area contributed by atoms with Crippen LogP contribution >= 0.6 is 0 Å². The number of hydrogen-bond acceptors (Lipinski definition) is 6. The predicted octanol–water partition coefficient (Wildman–Crippen LogP) is 2.20. The second-order valence-electron chi connectivity index (χ2n) is 4.53. The molecule has 1 aliphatic rings. The fourth-order valence-electron chi connectivity index (χ4n) is 1.97. The molecule has 0 bridgehead atoms. The quantitative estimate of drug-likeness (QED) is 0.739. The SMILES string of the molecule is CC(=O)[O][Ti]([O]C(C)=O)([O]C(C)=O)[C]1=C(C)C(C)=CC1. The molecule has 6 nitrogen and oxygen atoms in total. The third-order valence-electron chi connectivity index (χ3n) is 2.86. The summed E-state index contributed by atoms with van der Waals surface area (Å²) in [5.41, 5.74) is 1.83. The standard InChI is InChI=1S/C7H9.3C2H4O2.Ti/c1-6-4-3-5-7(6)2;3*1-2(3)4;/h4H,3H2,1-2H3;3*1H3,(H,3,4);/q;;;;+3/p-3. The van der Waals surface area contributed by atoms with Gasteiger partial charge in [0.1, 0.15) is 0 Å². The van der Waals surface area contributed by atoms with Crippen molar-refractivity contribution in [3.05, 3.63) is 21.1 Å². The summed E-state index contributed by atoms with van der Waals surface area (Å²) in [5, 5.41) is 0. The van der Waals surface area contributed by atoms with Gasteiger partial charge in [-0.25, -0.2) is 0 Å². The normalized spacial score (nSPS) is 14.8. The summed E-state index contributed by atoms with van der Waals surface area (Å²) >= 11 is -4.49. The van der Waals surface area contributed by atoms with Crippen molar-refractivity contribution in [2.45, 2.75) is 41.0 Å². The second kappa shape index (κ2) is 6.37. The van der Waals surface area contributed by atoms with Crippen LogP contribution in [0, 0.1) is 0 Å². The summed E-state index contributed by atoms with van der Waals surface area (Å²) < 4.78 is 16.3. The Morgan fingerprint density at radius 1 is 0.950 bits per heavy atom. The predicted molar refractivity (Wildman–Crippen MR) is 66.4 cm³/mol. The van der Waals surface area contributed by atoms with E-state index < -0.39 is 35.7 Å². The average Bonchev–Trinajstić information content (AvgIpc) is 2.56. The van der Waals surface area contributed by atoms with Gasteiger partial charge in [-0.2, -0.15) is 0 Å². The molecule has 0 unspecified atom stereocenters. The fourth-order valence-corrected chi connectivity index (χ4v) is 6.09. The molecule has 1 rings (SSSR count). The topological polar surface area (TPSA) is 78.9 Å². The van der Waals surface area contributed by atoms with Crippen LogP contribution in [0.4, 0.5) is 0 Å². The molecule has 0 saturated carbocycles. The zero-order chi connectivity index (χ0) is 15.5. The summed E-state index contributed by atoms with van der Waals surface area (Å²) in [6.07, 6.45) is 2.37. The van der Waals surface area contributed by atoms with Crippen LogP contribution in [0.25, 0.3) is 0 Å². The van der Waals surface area contributed by atoms with E-state index in [2.05, 4.69) is 0 Å². The Morgan fingerprint density at radius 3 is 1.60 bits per heavy atom. The summed E-state index contributed by atoms with van der Waals surface area (Å²) in [7, 11) is 0. The number of carbonyl (C=O) groups excluding carboxylic acids is 3.